The monoisotopic (exact) mass is 232 g/mol. The Labute approximate surface area is 99.8 Å². The molecule has 2 N–H and O–H groups in total. The molecule has 2 aromatic rings. The van der Waals surface area contributed by atoms with Crippen molar-refractivity contribution in [2.75, 3.05) is 13.7 Å². The van der Waals surface area contributed by atoms with E-state index in [0.29, 0.717) is 18.0 Å². The molecule has 0 aliphatic rings. The molecule has 0 fully saturated rings. The van der Waals surface area contributed by atoms with Gasteiger partial charge in [0.1, 0.15) is 12.0 Å². The van der Waals surface area contributed by atoms with Gasteiger partial charge < -0.3 is 15.1 Å². The van der Waals surface area contributed by atoms with Gasteiger partial charge in [0.05, 0.1) is 18.0 Å². The molecule has 0 saturated carbocycles. The molecule has 0 aromatic carbocycles. The largest absolute Gasteiger partial charge is 0.384 e. The van der Waals surface area contributed by atoms with E-state index in [4.69, 9.17) is 10.1 Å². The van der Waals surface area contributed by atoms with Crippen LogP contribution >= 0.6 is 0 Å². The van der Waals surface area contributed by atoms with Gasteiger partial charge in [-0.1, -0.05) is 6.92 Å². The zero-order chi connectivity index (χ0) is 12.3. The standard InChI is InChI=1S/C12H16N4O/c1-3-8(6-17-2)10(13)11-9-4-5-14-12(9)16-7-15-11/h4-5,7-8,13H,3,6H2,1-2H3,(H,14,15,16). The third-order valence-electron chi connectivity index (χ3n) is 2.88. The Kier molecular flexibility index (Phi) is 3.49. The molecule has 2 rings (SSSR count). The minimum atomic E-state index is 0.0769. The van der Waals surface area contributed by atoms with E-state index >= 15 is 0 Å². The highest BCUT2D eigenvalue weighted by atomic mass is 16.5. The van der Waals surface area contributed by atoms with Crippen molar-refractivity contribution in [1.82, 2.24) is 15.0 Å². The molecule has 1 unspecified atom stereocenters. The van der Waals surface area contributed by atoms with E-state index < -0.39 is 0 Å². The Hall–Kier alpha value is -1.75. The van der Waals surface area contributed by atoms with Crippen LogP contribution in [0.4, 0.5) is 0 Å². The fourth-order valence-electron chi connectivity index (χ4n) is 1.89. The summed E-state index contributed by atoms with van der Waals surface area (Å²) in [6, 6.07) is 1.90. The number of H-pyrrole nitrogens is 1. The van der Waals surface area contributed by atoms with E-state index in [2.05, 4.69) is 15.0 Å². The van der Waals surface area contributed by atoms with Crippen LogP contribution in [-0.4, -0.2) is 34.4 Å². The lowest BCUT2D eigenvalue weighted by atomic mass is 9.97. The van der Waals surface area contributed by atoms with Crippen molar-refractivity contribution in [2.45, 2.75) is 13.3 Å². The van der Waals surface area contributed by atoms with Gasteiger partial charge in [-0.2, -0.15) is 0 Å². The number of ether oxygens (including phenoxy) is 1. The van der Waals surface area contributed by atoms with Crippen LogP contribution in [0.5, 0.6) is 0 Å². The van der Waals surface area contributed by atoms with E-state index in [1.54, 1.807) is 7.11 Å². The Bertz CT molecular complexity index is 520. The second-order valence-corrected chi connectivity index (χ2v) is 3.94. The third kappa shape index (κ3) is 2.19. The molecule has 2 heterocycles. The normalized spacial score (nSPS) is 12.8. The molecule has 0 radical (unpaired) electrons. The van der Waals surface area contributed by atoms with Crippen LogP contribution in [0.15, 0.2) is 18.6 Å². The molecule has 0 spiro atoms. The summed E-state index contributed by atoms with van der Waals surface area (Å²) in [6.45, 7) is 2.60. The van der Waals surface area contributed by atoms with Crippen LogP contribution in [-0.2, 0) is 4.74 Å². The van der Waals surface area contributed by atoms with Gasteiger partial charge in [-0.15, -0.1) is 0 Å². The van der Waals surface area contributed by atoms with Crippen molar-refractivity contribution < 1.29 is 4.74 Å². The third-order valence-corrected chi connectivity index (χ3v) is 2.88. The summed E-state index contributed by atoms with van der Waals surface area (Å²) in [7, 11) is 1.65. The Morgan fingerprint density at radius 3 is 3.06 bits per heavy atom. The van der Waals surface area contributed by atoms with Gasteiger partial charge >= 0.3 is 0 Å². The summed E-state index contributed by atoms with van der Waals surface area (Å²) in [5.41, 5.74) is 1.98. The molecular formula is C12H16N4O. The van der Waals surface area contributed by atoms with Crippen LogP contribution in [0.25, 0.3) is 11.0 Å². The topological polar surface area (TPSA) is 74.7 Å². The summed E-state index contributed by atoms with van der Waals surface area (Å²) in [6.07, 6.45) is 4.16. The number of fused-ring (bicyclic) bond motifs is 1. The zero-order valence-electron chi connectivity index (χ0n) is 10.0. The average Bonchev–Trinajstić information content (AvgIpc) is 2.83. The first-order chi connectivity index (χ1) is 8.27. The lowest BCUT2D eigenvalue weighted by Gasteiger charge is -2.14. The number of methoxy groups -OCH3 is 1. The number of hydrogen-bond donors (Lipinski definition) is 2. The number of aromatic amines is 1. The SMILES string of the molecule is CCC(COC)C(=N)c1ncnc2[nH]ccc12. The fraction of sp³-hybridized carbons (Fsp3) is 0.417. The molecule has 0 bridgehead atoms. The second kappa shape index (κ2) is 5.05. The zero-order valence-corrected chi connectivity index (χ0v) is 10.0. The van der Waals surface area contributed by atoms with E-state index in [-0.39, 0.29) is 5.92 Å². The minimum absolute atomic E-state index is 0.0769. The Morgan fingerprint density at radius 1 is 1.53 bits per heavy atom. The molecular weight excluding hydrogens is 216 g/mol. The molecule has 0 aliphatic carbocycles. The molecule has 5 nitrogen and oxygen atoms in total. The number of aromatic nitrogens is 3. The second-order valence-electron chi connectivity index (χ2n) is 3.94. The quantitative estimate of drug-likeness (QED) is 0.774. The molecule has 5 heteroatoms. The van der Waals surface area contributed by atoms with Gasteiger partial charge in [0, 0.05) is 24.6 Å². The summed E-state index contributed by atoms with van der Waals surface area (Å²) in [5.74, 6) is 0.0769. The van der Waals surface area contributed by atoms with Gasteiger partial charge in [0.15, 0.2) is 0 Å². The van der Waals surface area contributed by atoms with Crippen molar-refractivity contribution >= 4 is 16.7 Å². The van der Waals surface area contributed by atoms with E-state index in [0.717, 1.165) is 17.5 Å². The highest BCUT2D eigenvalue weighted by Gasteiger charge is 2.18. The summed E-state index contributed by atoms with van der Waals surface area (Å²) < 4.78 is 5.14. The number of rotatable bonds is 5. The summed E-state index contributed by atoms with van der Waals surface area (Å²) in [4.78, 5) is 11.4. The lowest BCUT2D eigenvalue weighted by molar-refractivity contribution is 0.174. The first-order valence-corrected chi connectivity index (χ1v) is 5.63. The first-order valence-electron chi connectivity index (χ1n) is 5.63. The van der Waals surface area contributed by atoms with Crippen molar-refractivity contribution in [3.05, 3.63) is 24.3 Å². The van der Waals surface area contributed by atoms with Crippen molar-refractivity contribution in [2.24, 2.45) is 5.92 Å². The lowest BCUT2D eigenvalue weighted by Crippen LogP contribution is -2.20. The molecule has 1 atom stereocenters. The van der Waals surface area contributed by atoms with Gasteiger partial charge in [-0.25, -0.2) is 9.97 Å². The maximum absolute atomic E-state index is 8.23. The highest BCUT2D eigenvalue weighted by molar-refractivity contribution is 6.07. The molecule has 0 aliphatic heterocycles. The number of nitrogens with one attached hydrogen (secondary N) is 2. The first kappa shape index (κ1) is 11.7. The van der Waals surface area contributed by atoms with Crippen molar-refractivity contribution in [3.63, 3.8) is 0 Å². The van der Waals surface area contributed by atoms with Crippen LogP contribution in [0, 0.1) is 11.3 Å². The Balaban J connectivity index is 2.38. The molecule has 90 valence electrons. The van der Waals surface area contributed by atoms with Gasteiger partial charge in [-0.05, 0) is 12.5 Å². The molecule has 2 aromatic heterocycles. The van der Waals surface area contributed by atoms with Crippen LogP contribution in [0.3, 0.4) is 0 Å². The van der Waals surface area contributed by atoms with Crippen molar-refractivity contribution in [1.29, 1.82) is 5.41 Å². The van der Waals surface area contributed by atoms with E-state index in [1.165, 1.54) is 6.33 Å². The van der Waals surface area contributed by atoms with Crippen LogP contribution in [0.1, 0.15) is 19.0 Å². The van der Waals surface area contributed by atoms with Crippen molar-refractivity contribution in [3.8, 4) is 0 Å². The maximum atomic E-state index is 8.23. The van der Waals surface area contributed by atoms with Crippen LogP contribution < -0.4 is 0 Å². The maximum Gasteiger partial charge on any atom is 0.141 e. The molecule has 17 heavy (non-hydrogen) atoms. The highest BCUT2D eigenvalue weighted by Crippen LogP contribution is 2.18. The Morgan fingerprint density at radius 2 is 2.35 bits per heavy atom. The average molecular weight is 232 g/mol. The molecule has 0 saturated heterocycles. The molecule has 0 amide bonds. The number of hydrogen-bond acceptors (Lipinski definition) is 4. The van der Waals surface area contributed by atoms with E-state index in [1.807, 2.05) is 19.2 Å². The predicted molar refractivity (Wildman–Crippen MR) is 66.4 cm³/mol. The van der Waals surface area contributed by atoms with E-state index in [9.17, 15) is 0 Å². The van der Waals surface area contributed by atoms with Gasteiger partial charge in [0.25, 0.3) is 0 Å². The smallest absolute Gasteiger partial charge is 0.141 e. The fourth-order valence-corrected chi connectivity index (χ4v) is 1.89. The van der Waals surface area contributed by atoms with Crippen LogP contribution in [0.2, 0.25) is 0 Å². The number of nitrogens with zero attached hydrogens (tertiary/aromatic N) is 2. The minimum Gasteiger partial charge on any atom is -0.384 e. The predicted octanol–water partition coefficient (Wildman–Crippen LogP) is 2.00. The summed E-state index contributed by atoms with van der Waals surface area (Å²) in [5, 5.41) is 9.12. The van der Waals surface area contributed by atoms with Gasteiger partial charge in [-0.3, -0.25) is 0 Å². The van der Waals surface area contributed by atoms with Gasteiger partial charge in [0.2, 0.25) is 0 Å². The summed E-state index contributed by atoms with van der Waals surface area (Å²) >= 11 is 0.